The molecule has 94 valence electrons. The predicted molar refractivity (Wildman–Crippen MR) is 70.9 cm³/mol. The number of hydrogen-bond acceptors (Lipinski definition) is 2. The number of hydrogen-bond donors (Lipinski definition) is 0. The average molecular weight is 233 g/mol. The van der Waals surface area contributed by atoms with Crippen molar-refractivity contribution in [2.24, 2.45) is 5.92 Å². The minimum absolute atomic E-state index is 0.0643. The number of benzene rings is 1. The van der Waals surface area contributed by atoms with Crippen LogP contribution in [0.3, 0.4) is 0 Å². The Hall–Kier alpha value is -0.860. The lowest BCUT2D eigenvalue weighted by molar-refractivity contribution is -0.0388. The van der Waals surface area contributed by atoms with Crippen LogP contribution in [0.15, 0.2) is 30.3 Å². The smallest absolute Gasteiger partial charge is 0.0840 e. The van der Waals surface area contributed by atoms with Gasteiger partial charge >= 0.3 is 0 Å². The van der Waals surface area contributed by atoms with Crippen molar-refractivity contribution in [1.29, 1.82) is 0 Å². The Kier molecular flexibility index (Phi) is 3.85. The summed E-state index contributed by atoms with van der Waals surface area (Å²) < 4.78 is 5.79. The zero-order valence-corrected chi connectivity index (χ0v) is 11.1. The molecule has 1 unspecified atom stereocenters. The summed E-state index contributed by atoms with van der Waals surface area (Å²) in [7, 11) is 1.85. The molecule has 0 saturated carbocycles. The van der Waals surface area contributed by atoms with Gasteiger partial charge in [-0.2, -0.15) is 0 Å². The van der Waals surface area contributed by atoms with Crippen molar-refractivity contribution in [2.45, 2.75) is 32.4 Å². The lowest BCUT2D eigenvalue weighted by Gasteiger charge is -2.32. The van der Waals surface area contributed by atoms with Crippen molar-refractivity contribution in [3.8, 4) is 0 Å². The normalized spacial score (nSPS) is 25.6. The molecule has 1 aliphatic heterocycles. The van der Waals surface area contributed by atoms with E-state index in [2.05, 4.69) is 49.1 Å². The van der Waals surface area contributed by atoms with E-state index < -0.39 is 0 Å². The fraction of sp³-hybridized carbons (Fsp3) is 0.600. The van der Waals surface area contributed by atoms with Crippen molar-refractivity contribution in [3.05, 3.63) is 35.9 Å². The fourth-order valence-corrected chi connectivity index (χ4v) is 2.73. The Morgan fingerprint density at radius 1 is 1.29 bits per heavy atom. The van der Waals surface area contributed by atoms with E-state index in [-0.39, 0.29) is 5.60 Å². The summed E-state index contributed by atoms with van der Waals surface area (Å²) in [6.07, 6.45) is 1.15. The minimum atomic E-state index is 0.0643. The SMILES string of the molecule is COC1(C(C)C)CCN(Cc2ccccc2)C1. The molecule has 1 fully saturated rings. The summed E-state index contributed by atoms with van der Waals surface area (Å²) in [5, 5.41) is 0. The quantitative estimate of drug-likeness (QED) is 0.793. The third-order valence-electron chi connectivity index (χ3n) is 4.05. The van der Waals surface area contributed by atoms with Gasteiger partial charge in [-0.05, 0) is 17.9 Å². The molecule has 0 spiro atoms. The van der Waals surface area contributed by atoms with Gasteiger partial charge in [0.25, 0.3) is 0 Å². The third kappa shape index (κ3) is 2.70. The number of methoxy groups -OCH3 is 1. The number of nitrogens with zero attached hydrogens (tertiary/aromatic N) is 1. The van der Waals surface area contributed by atoms with Crippen LogP contribution in [0.2, 0.25) is 0 Å². The first-order valence-electron chi connectivity index (χ1n) is 6.48. The van der Waals surface area contributed by atoms with E-state index in [4.69, 9.17) is 4.74 Å². The molecule has 0 amide bonds. The van der Waals surface area contributed by atoms with Crippen molar-refractivity contribution in [3.63, 3.8) is 0 Å². The zero-order valence-electron chi connectivity index (χ0n) is 11.1. The molecule has 0 aromatic heterocycles. The predicted octanol–water partition coefficient (Wildman–Crippen LogP) is 2.93. The first-order valence-corrected chi connectivity index (χ1v) is 6.48. The molecule has 1 heterocycles. The Balaban J connectivity index is 1.98. The summed E-state index contributed by atoms with van der Waals surface area (Å²) in [4.78, 5) is 2.50. The van der Waals surface area contributed by atoms with Gasteiger partial charge in [-0.3, -0.25) is 4.90 Å². The van der Waals surface area contributed by atoms with E-state index in [9.17, 15) is 0 Å². The molecule has 1 aromatic rings. The molecule has 1 atom stereocenters. The van der Waals surface area contributed by atoms with Gasteiger partial charge < -0.3 is 4.74 Å². The molecule has 1 saturated heterocycles. The lowest BCUT2D eigenvalue weighted by atomic mass is 9.89. The van der Waals surface area contributed by atoms with Crippen molar-refractivity contribution in [1.82, 2.24) is 4.90 Å². The summed E-state index contributed by atoms with van der Waals surface area (Å²) in [6.45, 7) is 7.75. The maximum Gasteiger partial charge on any atom is 0.0840 e. The molecule has 17 heavy (non-hydrogen) atoms. The van der Waals surface area contributed by atoms with Gasteiger partial charge in [0, 0.05) is 26.7 Å². The van der Waals surface area contributed by atoms with Crippen LogP contribution in [0.4, 0.5) is 0 Å². The largest absolute Gasteiger partial charge is 0.377 e. The van der Waals surface area contributed by atoms with Crippen LogP contribution in [0.5, 0.6) is 0 Å². The number of likely N-dealkylation sites (tertiary alicyclic amines) is 1. The highest BCUT2D eigenvalue weighted by molar-refractivity contribution is 5.15. The molecule has 1 aromatic carbocycles. The zero-order chi connectivity index (χ0) is 12.3. The maximum absolute atomic E-state index is 5.79. The summed E-state index contributed by atoms with van der Waals surface area (Å²) in [5.41, 5.74) is 1.46. The molecule has 0 N–H and O–H groups in total. The first kappa shape index (κ1) is 12.6. The van der Waals surface area contributed by atoms with Gasteiger partial charge in [-0.25, -0.2) is 0 Å². The van der Waals surface area contributed by atoms with Crippen LogP contribution >= 0.6 is 0 Å². The van der Waals surface area contributed by atoms with E-state index in [0.29, 0.717) is 5.92 Å². The highest BCUT2D eigenvalue weighted by Gasteiger charge is 2.40. The third-order valence-corrected chi connectivity index (χ3v) is 4.05. The number of rotatable bonds is 4. The van der Waals surface area contributed by atoms with E-state index in [1.165, 1.54) is 5.56 Å². The molecule has 0 bridgehead atoms. The standard InChI is InChI=1S/C15H23NO/c1-13(2)15(17-3)9-10-16(12-15)11-14-7-5-4-6-8-14/h4-8,13H,9-12H2,1-3H3. The van der Waals surface area contributed by atoms with Gasteiger partial charge in [0.1, 0.15) is 0 Å². The Bertz CT molecular complexity index is 349. The fourth-order valence-electron chi connectivity index (χ4n) is 2.73. The molecular weight excluding hydrogens is 210 g/mol. The highest BCUT2D eigenvalue weighted by Crippen LogP contribution is 2.32. The van der Waals surface area contributed by atoms with Crippen molar-refractivity contribution < 1.29 is 4.74 Å². The van der Waals surface area contributed by atoms with Gasteiger partial charge in [0.15, 0.2) is 0 Å². The first-order chi connectivity index (χ1) is 8.16. The number of ether oxygens (including phenoxy) is 1. The van der Waals surface area contributed by atoms with Crippen LogP contribution in [-0.2, 0) is 11.3 Å². The van der Waals surface area contributed by atoms with E-state index >= 15 is 0 Å². The van der Waals surface area contributed by atoms with E-state index in [1.807, 2.05) is 7.11 Å². The summed E-state index contributed by atoms with van der Waals surface area (Å²) in [5.74, 6) is 0.577. The molecule has 0 radical (unpaired) electrons. The Labute approximate surface area is 105 Å². The Morgan fingerprint density at radius 2 is 2.00 bits per heavy atom. The molecule has 2 nitrogen and oxygen atoms in total. The average Bonchev–Trinajstić information content (AvgIpc) is 2.75. The second-order valence-corrected chi connectivity index (χ2v) is 5.37. The lowest BCUT2D eigenvalue weighted by Crippen LogP contribution is -2.40. The van der Waals surface area contributed by atoms with Gasteiger partial charge in [-0.15, -0.1) is 0 Å². The van der Waals surface area contributed by atoms with Crippen LogP contribution in [0, 0.1) is 5.92 Å². The Morgan fingerprint density at radius 3 is 2.53 bits per heavy atom. The molecule has 1 aliphatic rings. The van der Waals surface area contributed by atoms with E-state index in [0.717, 1.165) is 26.1 Å². The van der Waals surface area contributed by atoms with E-state index in [1.54, 1.807) is 0 Å². The summed E-state index contributed by atoms with van der Waals surface area (Å²) >= 11 is 0. The maximum atomic E-state index is 5.79. The molecule has 2 rings (SSSR count). The van der Waals surface area contributed by atoms with Crippen LogP contribution < -0.4 is 0 Å². The highest BCUT2D eigenvalue weighted by atomic mass is 16.5. The van der Waals surface area contributed by atoms with Gasteiger partial charge in [0.2, 0.25) is 0 Å². The second-order valence-electron chi connectivity index (χ2n) is 5.37. The molecule has 2 heteroatoms. The monoisotopic (exact) mass is 233 g/mol. The molecular formula is C15H23NO. The second kappa shape index (κ2) is 5.19. The minimum Gasteiger partial charge on any atom is -0.377 e. The summed E-state index contributed by atoms with van der Waals surface area (Å²) in [6, 6.07) is 10.7. The van der Waals surface area contributed by atoms with Crippen LogP contribution in [0.1, 0.15) is 25.8 Å². The molecule has 0 aliphatic carbocycles. The van der Waals surface area contributed by atoms with Crippen LogP contribution in [-0.4, -0.2) is 30.7 Å². The topological polar surface area (TPSA) is 12.5 Å². The van der Waals surface area contributed by atoms with Crippen molar-refractivity contribution >= 4 is 0 Å². The van der Waals surface area contributed by atoms with Gasteiger partial charge in [-0.1, -0.05) is 44.2 Å². The van der Waals surface area contributed by atoms with Crippen molar-refractivity contribution in [2.75, 3.05) is 20.2 Å². The van der Waals surface area contributed by atoms with Crippen LogP contribution in [0.25, 0.3) is 0 Å². The van der Waals surface area contributed by atoms with Gasteiger partial charge in [0.05, 0.1) is 5.60 Å².